The van der Waals surface area contributed by atoms with Crippen molar-refractivity contribution in [1.29, 1.82) is 0 Å². The lowest BCUT2D eigenvalue weighted by Gasteiger charge is -2.43. The predicted octanol–water partition coefficient (Wildman–Crippen LogP) is 3.42. The van der Waals surface area contributed by atoms with Crippen molar-refractivity contribution in [2.24, 2.45) is 0 Å². The number of benzene rings is 1. The summed E-state index contributed by atoms with van der Waals surface area (Å²) >= 11 is 12.2. The van der Waals surface area contributed by atoms with E-state index in [2.05, 4.69) is 31.2 Å². The highest BCUT2D eigenvalue weighted by Gasteiger charge is 2.32. The molecule has 0 unspecified atom stereocenters. The zero-order valence-corrected chi connectivity index (χ0v) is 21.6. The molecule has 2 aromatic rings. The lowest BCUT2D eigenvalue weighted by atomic mass is 9.93. The van der Waals surface area contributed by atoms with E-state index in [4.69, 9.17) is 23.2 Å². The molecule has 192 valence electrons. The zero-order valence-electron chi connectivity index (χ0n) is 20.1. The number of aromatic nitrogens is 2. The number of piperazine rings is 1. The normalized spacial score (nSPS) is 19.4. The number of hydrogen-bond donors (Lipinski definition) is 2. The minimum absolute atomic E-state index is 0.0388. The molecule has 3 aliphatic rings. The summed E-state index contributed by atoms with van der Waals surface area (Å²) in [6, 6.07) is 4.43. The fraction of sp³-hybridized carbons (Fsp3) is 0.500. The Hall–Kier alpha value is -2.82. The van der Waals surface area contributed by atoms with Gasteiger partial charge in [-0.2, -0.15) is 4.98 Å². The Morgan fingerprint density at radius 2 is 1.81 bits per heavy atom. The highest BCUT2D eigenvalue weighted by molar-refractivity contribution is 6.33. The summed E-state index contributed by atoms with van der Waals surface area (Å²) in [7, 11) is 1.81. The lowest BCUT2D eigenvalue weighted by Crippen LogP contribution is -2.54. The molecular formula is C24H29Cl2N7O3. The van der Waals surface area contributed by atoms with Crippen LogP contribution in [-0.4, -0.2) is 101 Å². The van der Waals surface area contributed by atoms with Gasteiger partial charge in [0.25, 0.3) is 5.91 Å². The number of nitrogens with one attached hydrogen (secondary N) is 1. The van der Waals surface area contributed by atoms with E-state index in [-0.39, 0.29) is 11.2 Å². The number of fused-ring (bicyclic) bond motifs is 1. The zero-order chi connectivity index (χ0) is 25.4. The average molecular weight is 534 g/mol. The van der Waals surface area contributed by atoms with E-state index >= 15 is 0 Å². The van der Waals surface area contributed by atoms with Gasteiger partial charge in [0.05, 0.1) is 17.4 Å². The quantitative estimate of drug-likeness (QED) is 0.576. The van der Waals surface area contributed by atoms with Gasteiger partial charge in [0.2, 0.25) is 5.28 Å². The molecule has 0 radical (unpaired) electrons. The van der Waals surface area contributed by atoms with E-state index in [1.807, 2.05) is 13.1 Å². The molecule has 36 heavy (non-hydrogen) atoms. The van der Waals surface area contributed by atoms with E-state index in [9.17, 15) is 14.7 Å². The van der Waals surface area contributed by atoms with Gasteiger partial charge in [0.15, 0.2) is 5.82 Å². The van der Waals surface area contributed by atoms with Crippen molar-refractivity contribution in [3.05, 3.63) is 39.8 Å². The fourth-order valence-electron chi connectivity index (χ4n) is 5.42. The first kappa shape index (κ1) is 24.9. The molecule has 2 saturated heterocycles. The van der Waals surface area contributed by atoms with Crippen molar-refractivity contribution < 1.29 is 14.7 Å². The Morgan fingerprint density at radius 3 is 2.50 bits per heavy atom. The van der Waals surface area contributed by atoms with Crippen molar-refractivity contribution in [3.8, 4) is 0 Å². The molecule has 2 amide bonds. The third kappa shape index (κ3) is 4.89. The number of anilines is 3. The predicted molar refractivity (Wildman–Crippen MR) is 139 cm³/mol. The van der Waals surface area contributed by atoms with Crippen molar-refractivity contribution in [3.63, 3.8) is 0 Å². The van der Waals surface area contributed by atoms with E-state index in [1.165, 1.54) is 11.1 Å². The number of hydrogen-bond acceptors (Lipinski definition) is 7. The summed E-state index contributed by atoms with van der Waals surface area (Å²) < 4.78 is 0. The summed E-state index contributed by atoms with van der Waals surface area (Å²) in [4.78, 5) is 40.6. The number of rotatable bonds is 4. The van der Waals surface area contributed by atoms with Crippen LogP contribution >= 0.6 is 23.2 Å². The van der Waals surface area contributed by atoms with Crippen LogP contribution in [0, 0.1) is 0 Å². The number of carbonyl (C=O) groups is 2. The highest BCUT2D eigenvalue weighted by atomic mass is 35.5. The molecule has 2 fully saturated rings. The summed E-state index contributed by atoms with van der Waals surface area (Å²) in [5, 5.41) is 12.8. The molecule has 0 aliphatic carbocycles. The maximum atomic E-state index is 13.3. The van der Waals surface area contributed by atoms with E-state index in [0.29, 0.717) is 47.8 Å². The summed E-state index contributed by atoms with van der Waals surface area (Å²) in [6.07, 6.45) is 3.37. The van der Waals surface area contributed by atoms with Crippen molar-refractivity contribution in [2.45, 2.75) is 25.3 Å². The van der Waals surface area contributed by atoms with Crippen LogP contribution in [-0.2, 0) is 6.42 Å². The number of halogens is 2. The van der Waals surface area contributed by atoms with Crippen LogP contribution in [0.15, 0.2) is 18.3 Å². The fourth-order valence-corrected chi connectivity index (χ4v) is 5.69. The Labute approximate surface area is 219 Å². The van der Waals surface area contributed by atoms with Crippen LogP contribution in [0.25, 0.3) is 0 Å². The summed E-state index contributed by atoms with van der Waals surface area (Å²) in [6.45, 7) is 5.13. The first-order chi connectivity index (χ1) is 17.3. The largest absolute Gasteiger partial charge is 0.465 e. The molecule has 1 aromatic heterocycles. The monoisotopic (exact) mass is 533 g/mol. The molecule has 4 heterocycles. The van der Waals surface area contributed by atoms with Crippen LogP contribution in [0.2, 0.25) is 10.3 Å². The minimum atomic E-state index is -0.836. The Bertz CT molecular complexity index is 1160. The van der Waals surface area contributed by atoms with E-state index < -0.39 is 6.09 Å². The second-order valence-electron chi connectivity index (χ2n) is 9.45. The van der Waals surface area contributed by atoms with Gasteiger partial charge in [-0.05, 0) is 48.6 Å². The third-order valence-electron chi connectivity index (χ3n) is 7.42. The SMILES string of the molecule is CN1CCc2c(N3CCC(N4CCN(C(=O)O)CC4)CC3)ccc(Nc3nc(Cl)ncc3Cl)c2C1=O. The maximum absolute atomic E-state index is 13.3. The number of carbonyl (C=O) groups excluding carboxylic acids is 1. The number of carboxylic acid groups (broad SMARTS) is 1. The molecule has 10 nitrogen and oxygen atoms in total. The Balaban J connectivity index is 1.34. The molecule has 3 aliphatic heterocycles. The van der Waals surface area contributed by atoms with Crippen molar-refractivity contribution >= 4 is 52.4 Å². The van der Waals surface area contributed by atoms with Gasteiger partial charge < -0.3 is 25.1 Å². The number of likely N-dealkylation sites (N-methyl/N-ethyl adjacent to an activating group) is 1. The summed E-state index contributed by atoms with van der Waals surface area (Å²) in [5.41, 5.74) is 3.41. The van der Waals surface area contributed by atoms with Crippen LogP contribution in [0.3, 0.4) is 0 Å². The van der Waals surface area contributed by atoms with E-state index in [1.54, 1.807) is 4.90 Å². The molecule has 0 bridgehead atoms. The third-order valence-corrected chi connectivity index (χ3v) is 7.88. The standard InChI is InChI=1S/C24H29Cl2N7O3/c1-30-7-6-16-19(32-8-4-15(5-9-32)31-10-12-33(13-11-31)24(35)36)3-2-18(20(16)22(30)34)28-21-17(25)14-27-23(26)29-21/h2-3,14-15H,4-13H2,1H3,(H,35,36)(H,27,28,29). The van der Waals surface area contributed by atoms with Gasteiger partial charge >= 0.3 is 6.09 Å². The molecule has 0 saturated carbocycles. The molecule has 12 heteroatoms. The number of nitrogens with zero attached hydrogens (tertiary/aromatic N) is 6. The maximum Gasteiger partial charge on any atom is 0.407 e. The molecule has 1 aromatic carbocycles. The van der Waals surface area contributed by atoms with Crippen LogP contribution in [0.4, 0.5) is 22.0 Å². The van der Waals surface area contributed by atoms with Gasteiger partial charge in [0, 0.05) is 64.6 Å². The first-order valence-electron chi connectivity index (χ1n) is 12.1. The molecule has 0 spiro atoms. The lowest BCUT2D eigenvalue weighted by molar-refractivity contribution is 0.0775. The minimum Gasteiger partial charge on any atom is -0.465 e. The van der Waals surface area contributed by atoms with Gasteiger partial charge in [0.1, 0.15) is 5.02 Å². The van der Waals surface area contributed by atoms with Crippen LogP contribution in [0.1, 0.15) is 28.8 Å². The van der Waals surface area contributed by atoms with Crippen molar-refractivity contribution in [1.82, 2.24) is 24.7 Å². The summed E-state index contributed by atoms with van der Waals surface area (Å²) in [5.74, 6) is 0.319. The number of amides is 2. The van der Waals surface area contributed by atoms with E-state index in [0.717, 1.165) is 56.7 Å². The van der Waals surface area contributed by atoms with Crippen LogP contribution in [0.5, 0.6) is 0 Å². The second kappa shape index (κ2) is 10.3. The topological polar surface area (TPSA) is 105 Å². The first-order valence-corrected chi connectivity index (χ1v) is 12.9. The molecule has 5 rings (SSSR count). The van der Waals surface area contributed by atoms with Gasteiger partial charge in [-0.1, -0.05) is 11.6 Å². The van der Waals surface area contributed by atoms with Crippen molar-refractivity contribution in [2.75, 3.05) is 63.1 Å². The Kier molecular flexibility index (Phi) is 7.09. The molecular weight excluding hydrogens is 505 g/mol. The van der Waals surface area contributed by atoms with Gasteiger partial charge in [-0.25, -0.2) is 9.78 Å². The molecule has 2 N–H and O–H groups in total. The molecule has 0 atom stereocenters. The number of piperidine rings is 1. The average Bonchev–Trinajstić information content (AvgIpc) is 2.88. The second-order valence-corrected chi connectivity index (χ2v) is 10.2. The van der Waals surface area contributed by atoms with Crippen LogP contribution < -0.4 is 10.2 Å². The van der Waals surface area contributed by atoms with Gasteiger partial charge in [-0.15, -0.1) is 0 Å². The highest BCUT2D eigenvalue weighted by Crippen LogP contribution is 2.37. The van der Waals surface area contributed by atoms with Gasteiger partial charge in [-0.3, -0.25) is 9.69 Å². The Morgan fingerprint density at radius 1 is 1.08 bits per heavy atom. The smallest absolute Gasteiger partial charge is 0.407 e.